The number of imide groups is 1. The molecule has 2 aliphatic carbocycles. The normalized spacial score (nSPS) is 27.0. The van der Waals surface area contributed by atoms with Gasteiger partial charge in [0.05, 0.1) is 34.6 Å². The van der Waals surface area contributed by atoms with Gasteiger partial charge >= 0.3 is 0 Å². The summed E-state index contributed by atoms with van der Waals surface area (Å²) in [5, 5.41) is 7.37. The minimum atomic E-state index is -0.384. The van der Waals surface area contributed by atoms with Crippen LogP contribution in [0.25, 0.3) is 5.69 Å². The van der Waals surface area contributed by atoms with E-state index in [-0.39, 0.29) is 47.9 Å². The Balaban J connectivity index is 1.33. The number of allylic oxidation sites excluding steroid dienone is 2. The molecule has 2 fully saturated rings. The average molecular weight is 390 g/mol. The first-order chi connectivity index (χ1) is 14.0. The molecule has 1 saturated carbocycles. The maximum absolute atomic E-state index is 12.8. The zero-order valence-electron chi connectivity index (χ0n) is 16.3. The van der Waals surface area contributed by atoms with E-state index < -0.39 is 0 Å². The summed E-state index contributed by atoms with van der Waals surface area (Å²) in [6, 6.07) is 9.65. The molecule has 0 spiro atoms. The zero-order valence-corrected chi connectivity index (χ0v) is 16.3. The van der Waals surface area contributed by atoms with Crippen LogP contribution in [0.5, 0.6) is 0 Å². The van der Waals surface area contributed by atoms with Gasteiger partial charge in [-0.25, -0.2) is 4.68 Å². The molecule has 5 rings (SSSR count). The average Bonchev–Trinajstić information content (AvgIpc) is 3.45. The molecule has 2 aromatic rings. The number of aromatic nitrogens is 2. The molecule has 1 N–H and O–H groups in total. The van der Waals surface area contributed by atoms with Crippen LogP contribution < -0.4 is 5.32 Å². The van der Waals surface area contributed by atoms with Crippen LogP contribution in [0.4, 0.5) is 5.69 Å². The Bertz CT molecular complexity index is 1030. The number of anilines is 1. The van der Waals surface area contributed by atoms with Crippen molar-refractivity contribution in [3.8, 4) is 5.69 Å². The number of carbonyl (C=O) groups excluding carboxylic acids is 3. The number of carbonyl (C=O) groups is 3. The lowest BCUT2D eigenvalue weighted by molar-refractivity contribution is -0.143. The van der Waals surface area contributed by atoms with Crippen molar-refractivity contribution in [1.82, 2.24) is 14.7 Å². The van der Waals surface area contributed by atoms with E-state index in [2.05, 4.69) is 10.4 Å². The van der Waals surface area contributed by atoms with Gasteiger partial charge in [0, 0.05) is 0 Å². The molecule has 3 amide bonds. The van der Waals surface area contributed by atoms with Crippen molar-refractivity contribution in [2.24, 2.45) is 23.7 Å². The standard InChI is InChI=1S/C22H22N4O3/c1-12-20(13(2)26(24-12)16-6-4-3-5-7-16)23-17(27)11-25-21(28)18-14-8-9-15(10-14)19(18)22(25)29/h3-9,14-15,18-19H,10-11H2,1-2H3,(H,23,27). The Hall–Kier alpha value is -3.22. The molecule has 29 heavy (non-hydrogen) atoms. The molecule has 1 aromatic heterocycles. The van der Waals surface area contributed by atoms with E-state index in [0.717, 1.165) is 22.7 Å². The van der Waals surface area contributed by atoms with Gasteiger partial charge in [0.2, 0.25) is 17.7 Å². The molecule has 7 nitrogen and oxygen atoms in total. The van der Waals surface area contributed by atoms with E-state index in [4.69, 9.17) is 0 Å². The molecule has 1 saturated heterocycles. The van der Waals surface area contributed by atoms with Gasteiger partial charge in [0.1, 0.15) is 6.54 Å². The highest BCUT2D eigenvalue weighted by atomic mass is 16.2. The summed E-state index contributed by atoms with van der Waals surface area (Å²) < 4.78 is 1.77. The van der Waals surface area contributed by atoms with E-state index >= 15 is 0 Å². The molecule has 1 aliphatic heterocycles. The lowest BCUT2D eigenvalue weighted by Crippen LogP contribution is -2.39. The smallest absolute Gasteiger partial charge is 0.244 e. The highest BCUT2D eigenvalue weighted by molar-refractivity contribution is 6.09. The second kappa shape index (κ2) is 6.40. The Kier molecular flexibility index (Phi) is 3.94. The molecule has 3 aliphatic rings. The molecule has 4 unspecified atom stereocenters. The summed E-state index contributed by atoms with van der Waals surface area (Å²) >= 11 is 0. The molecule has 148 valence electrons. The van der Waals surface area contributed by atoms with Crippen LogP contribution in [0.2, 0.25) is 0 Å². The first-order valence-corrected chi connectivity index (χ1v) is 9.90. The minimum Gasteiger partial charge on any atom is -0.321 e. The third kappa shape index (κ3) is 2.64. The fraction of sp³-hybridized carbons (Fsp3) is 0.364. The quantitative estimate of drug-likeness (QED) is 0.641. The van der Waals surface area contributed by atoms with E-state index in [1.54, 1.807) is 4.68 Å². The number of nitrogens with zero attached hydrogens (tertiary/aromatic N) is 3. The number of nitrogens with one attached hydrogen (secondary N) is 1. The van der Waals surface area contributed by atoms with Crippen LogP contribution in [0.15, 0.2) is 42.5 Å². The highest BCUT2D eigenvalue weighted by Gasteiger charge is 2.59. The topological polar surface area (TPSA) is 84.3 Å². The third-order valence-electron chi connectivity index (χ3n) is 6.42. The summed E-state index contributed by atoms with van der Waals surface area (Å²) in [5.74, 6) is -1.08. The summed E-state index contributed by atoms with van der Waals surface area (Å²) in [6.45, 7) is 3.45. The van der Waals surface area contributed by atoms with Gasteiger partial charge in [-0.2, -0.15) is 5.10 Å². The van der Waals surface area contributed by atoms with Crippen LogP contribution in [-0.4, -0.2) is 38.9 Å². The van der Waals surface area contributed by atoms with Crippen molar-refractivity contribution in [3.63, 3.8) is 0 Å². The summed E-state index contributed by atoms with van der Waals surface area (Å²) in [4.78, 5) is 39.4. The number of hydrogen-bond acceptors (Lipinski definition) is 4. The molecule has 2 heterocycles. The number of para-hydroxylation sites is 1. The van der Waals surface area contributed by atoms with Gasteiger partial charge in [-0.05, 0) is 44.2 Å². The first-order valence-electron chi connectivity index (χ1n) is 9.90. The molecular weight excluding hydrogens is 368 g/mol. The van der Waals surface area contributed by atoms with Crippen LogP contribution in [0.1, 0.15) is 17.8 Å². The van der Waals surface area contributed by atoms with Crippen molar-refractivity contribution in [2.75, 3.05) is 11.9 Å². The number of aryl methyl sites for hydroxylation is 1. The highest BCUT2D eigenvalue weighted by Crippen LogP contribution is 2.52. The van der Waals surface area contributed by atoms with Crippen LogP contribution in [-0.2, 0) is 14.4 Å². The van der Waals surface area contributed by atoms with Crippen molar-refractivity contribution >= 4 is 23.4 Å². The monoisotopic (exact) mass is 390 g/mol. The Morgan fingerprint density at radius 3 is 2.31 bits per heavy atom. The predicted octanol–water partition coefficient (Wildman–Crippen LogP) is 2.23. The molecule has 2 bridgehead atoms. The van der Waals surface area contributed by atoms with Crippen molar-refractivity contribution in [3.05, 3.63) is 53.9 Å². The number of hydrogen-bond donors (Lipinski definition) is 1. The largest absolute Gasteiger partial charge is 0.321 e. The lowest BCUT2D eigenvalue weighted by atomic mass is 9.85. The number of likely N-dealkylation sites (tertiary alicyclic amines) is 1. The van der Waals surface area contributed by atoms with E-state index in [1.807, 2.05) is 56.3 Å². The van der Waals surface area contributed by atoms with E-state index in [1.165, 1.54) is 0 Å². The molecule has 0 radical (unpaired) electrons. The Morgan fingerprint density at radius 2 is 1.69 bits per heavy atom. The number of amides is 3. The fourth-order valence-corrected chi connectivity index (χ4v) is 5.09. The second-order valence-electron chi connectivity index (χ2n) is 8.10. The van der Waals surface area contributed by atoms with Crippen LogP contribution >= 0.6 is 0 Å². The second-order valence-corrected chi connectivity index (χ2v) is 8.10. The van der Waals surface area contributed by atoms with Crippen molar-refractivity contribution < 1.29 is 14.4 Å². The van der Waals surface area contributed by atoms with Crippen molar-refractivity contribution in [1.29, 1.82) is 0 Å². The van der Waals surface area contributed by atoms with Gasteiger partial charge in [0.15, 0.2) is 0 Å². The van der Waals surface area contributed by atoms with Gasteiger partial charge < -0.3 is 5.32 Å². The van der Waals surface area contributed by atoms with Crippen molar-refractivity contribution in [2.45, 2.75) is 20.3 Å². The van der Waals surface area contributed by atoms with Gasteiger partial charge in [0.25, 0.3) is 0 Å². The van der Waals surface area contributed by atoms with Crippen LogP contribution in [0, 0.1) is 37.5 Å². The van der Waals surface area contributed by atoms with Gasteiger partial charge in [-0.15, -0.1) is 0 Å². The SMILES string of the molecule is Cc1nn(-c2ccccc2)c(C)c1NC(=O)CN1C(=O)C2C3C=CC(C3)C2C1=O. The lowest BCUT2D eigenvalue weighted by Gasteiger charge is -2.17. The summed E-state index contributed by atoms with van der Waals surface area (Å²) in [6.07, 6.45) is 4.97. The molecule has 7 heteroatoms. The number of benzene rings is 1. The minimum absolute atomic E-state index is 0.142. The van der Waals surface area contributed by atoms with E-state index in [0.29, 0.717) is 11.4 Å². The van der Waals surface area contributed by atoms with Gasteiger partial charge in [-0.1, -0.05) is 30.4 Å². The maximum atomic E-state index is 12.8. The first kappa shape index (κ1) is 17.8. The van der Waals surface area contributed by atoms with Gasteiger partial charge in [-0.3, -0.25) is 19.3 Å². The molecular formula is C22H22N4O3. The molecule has 4 atom stereocenters. The fourth-order valence-electron chi connectivity index (χ4n) is 5.09. The Labute approximate surface area is 168 Å². The van der Waals surface area contributed by atoms with Crippen LogP contribution in [0.3, 0.4) is 0 Å². The summed E-state index contributed by atoms with van der Waals surface area (Å²) in [7, 11) is 0. The van der Waals surface area contributed by atoms with E-state index in [9.17, 15) is 14.4 Å². The number of fused-ring (bicyclic) bond motifs is 5. The Morgan fingerprint density at radius 1 is 1.07 bits per heavy atom. The maximum Gasteiger partial charge on any atom is 0.244 e. The molecule has 1 aromatic carbocycles. The summed E-state index contributed by atoms with van der Waals surface area (Å²) in [5.41, 5.74) is 2.98. The number of rotatable bonds is 4. The third-order valence-corrected chi connectivity index (χ3v) is 6.42. The zero-order chi connectivity index (χ0) is 20.3. The predicted molar refractivity (Wildman–Crippen MR) is 106 cm³/mol.